The first-order valence-corrected chi connectivity index (χ1v) is 8.55. The van der Waals surface area contributed by atoms with Crippen LogP contribution in [0.25, 0.3) is 11.4 Å². The minimum atomic E-state index is 0.0178. The number of hydrogen-bond acceptors (Lipinski definition) is 6. The molecule has 0 spiro atoms. The Bertz CT molecular complexity index is 866. The number of aromatic nitrogens is 3. The molecule has 26 heavy (non-hydrogen) atoms. The van der Waals surface area contributed by atoms with Gasteiger partial charge >= 0.3 is 0 Å². The summed E-state index contributed by atoms with van der Waals surface area (Å²) in [6.45, 7) is 1.52. The summed E-state index contributed by atoms with van der Waals surface area (Å²) < 4.78 is 5.35. The molecule has 1 fully saturated rings. The highest BCUT2D eigenvalue weighted by Gasteiger charge is 2.26. The SMILES string of the molecule is O=C1CN(Cc2nc(-c3cccnc3)no2)C[C@H](Cc2ccccc2)N1. The lowest BCUT2D eigenvalue weighted by Gasteiger charge is -2.32. The highest BCUT2D eigenvalue weighted by molar-refractivity contribution is 5.79. The topological polar surface area (TPSA) is 84.2 Å². The van der Waals surface area contributed by atoms with E-state index in [-0.39, 0.29) is 11.9 Å². The number of hydrogen-bond donors (Lipinski definition) is 1. The van der Waals surface area contributed by atoms with Gasteiger partial charge in [0.25, 0.3) is 0 Å². The van der Waals surface area contributed by atoms with Crippen LogP contribution in [0, 0.1) is 0 Å². The van der Waals surface area contributed by atoms with Gasteiger partial charge in [0.1, 0.15) is 0 Å². The highest BCUT2D eigenvalue weighted by atomic mass is 16.5. The van der Waals surface area contributed by atoms with Crippen molar-refractivity contribution >= 4 is 5.91 Å². The fourth-order valence-electron chi connectivity index (χ4n) is 3.16. The second-order valence-corrected chi connectivity index (χ2v) is 6.38. The van der Waals surface area contributed by atoms with Crippen LogP contribution in [-0.4, -0.2) is 45.1 Å². The maximum absolute atomic E-state index is 12.1. The Kier molecular flexibility index (Phi) is 4.70. The average Bonchev–Trinajstić information content (AvgIpc) is 3.11. The molecule has 0 saturated carbocycles. The minimum Gasteiger partial charge on any atom is -0.351 e. The smallest absolute Gasteiger partial charge is 0.241 e. The summed E-state index contributed by atoms with van der Waals surface area (Å²) in [6, 6.07) is 13.9. The lowest BCUT2D eigenvalue weighted by Crippen LogP contribution is -2.54. The molecule has 0 unspecified atom stereocenters. The van der Waals surface area contributed by atoms with Crippen LogP contribution in [0.2, 0.25) is 0 Å². The van der Waals surface area contributed by atoms with E-state index in [1.807, 2.05) is 35.2 Å². The third kappa shape index (κ3) is 3.94. The van der Waals surface area contributed by atoms with Gasteiger partial charge in [-0.25, -0.2) is 0 Å². The van der Waals surface area contributed by atoms with Gasteiger partial charge in [-0.15, -0.1) is 0 Å². The van der Waals surface area contributed by atoms with Crippen molar-refractivity contribution in [3.05, 3.63) is 66.3 Å². The van der Waals surface area contributed by atoms with Crippen molar-refractivity contribution in [3.63, 3.8) is 0 Å². The largest absolute Gasteiger partial charge is 0.351 e. The van der Waals surface area contributed by atoms with E-state index in [1.54, 1.807) is 12.4 Å². The number of pyridine rings is 1. The van der Waals surface area contributed by atoms with E-state index >= 15 is 0 Å². The van der Waals surface area contributed by atoms with Gasteiger partial charge in [-0.2, -0.15) is 4.98 Å². The van der Waals surface area contributed by atoms with Crippen molar-refractivity contribution in [2.75, 3.05) is 13.1 Å². The van der Waals surface area contributed by atoms with E-state index < -0.39 is 0 Å². The molecule has 0 bridgehead atoms. The van der Waals surface area contributed by atoms with Gasteiger partial charge in [0.2, 0.25) is 17.6 Å². The highest BCUT2D eigenvalue weighted by Crippen LogP contribution is 2.16. The maximum Gasteiger partial charge on any atom is 0.241 e. The van der Waals surface area contributed by atoms with Crippen LogP contribution in [0.1, 0.15) is 11.5 Å². The maximum atomic E-state index is 12.1. The van der Waals surface area contributed by atoms with Crippen molar-refractivity contribution in [1.29, 1.82) is 0 Å². The number of carbonyl (C=O) groups excluding carboxylic acids is 1. The molecule has 1 aliphatic heterocycles. The van der Waals surface area contributed by atoms with E-state index in [9.17, 15) is 4.79 Å². The zero-order chi connectivity index (χ0) is 17.8. The molecule has 0 radical (unpaired) electrons. The Hall–Kier alpha value is -3.06. The Morgan fingerprint density at radius 1 is 1.19 bits per heavy atom. The third-order valence-electron chi connectivity index (χ3n) is 4.28. The number of nitrogens with zero attached hydrogens (tertiary/aromatic N) is 4. The summed E-state index contributed by atoms with van der Waals surface area (Å²) in [5, 5.41) is 7.06. The molecule has 132 valence electrons. The fraction of sp³-hybridized carbons (Fsp3) is 0.263. The first-order valence-electron chi connectivity index (χ1n) is 8.55. The summed E-state index contributed by atoms with van der Waals surface area (Å²) in [6.07, 6.45) is 4.19. The summed E-state index contributed by atoms with van der Waals surface area (Å²) in [5.74, 6) is 1.02. The molecule has 1 N–H and O–H groups in total. The lowest BCUT2D eigenvalue weighted by molar-refractivity contribution is -0.125. The standard InChI is InChI=1S/C19H19N5O2/c25-17-12-24(11-16(21-17)9-14-5-2-1-3-6-14)13-18-22-19(23-26-18)15-7-4-8-20-10-15/h1-8,10,16H,9,11-13H2,(H,21,25)/t16-/m0/s1. The van der Waals surface area contributed by atoms with Gasteiger partial charge in [0.15, 0.2) is 0 Å². The van der Waals surface area contributed by atoms with Crippen molar-refractivity contribution in [2.24, 2.45) is 0 Å². The minimum absolute atomic E-state index is 0.0178. The molecule has 7 nitrogen and oxygen atoms in total. The van der Waals surface area contributed by atoms with E-state index in [4.69, 9.17) is 4.52 Å². The molecule has 1 aromatic carbocycles. The van der Waals surface area contributed by atoms with Gasteiger partial charge < -0.3 is 9.84 Å². The van der Waals surface area contributed by atoms with Crippen molar-refractivity contribution < 1.29 is 9.32 Å². The van der Waals surface area contributed by atoms with Gasteiger partial charge in [0, 0.05) is 30.5 Å². The molecule has 1 saturated heterocycles. The van der Waals surface area contributed by atoms with Crippen LogP contribution in [0.4, 0.5) is 0 Å². The quantitative estimate of drug-likeness (QED) is 0.754. The van der Waals surface area contributed by atoms with Gasteiger partial charge in [0.05, 0.1) is 13.1 Å². The number of rotatable bonds is 5. The van der Waals surface area contributed by atoms with E-state index in [0.29, 0.717) is 24.8 Å². The van der Waals surface area contributed by atoms with Crippen LogP contribution in [-0.2, 0) is 17.8 Å². The molecule has 1 aliphatic rings. The zero-order valence-corrected chi connectivity index (χ0v) is 14.2. The summed E-state index contributed by atoms with van der Waals surface area (Å²) >= 11 is 0. The zero-order valence-electron chi connectivity index (χ0n) is 14.2. The normalized spacial score (nSPS) is 17.8. The van der Waals surface area contributed by atoms with E-state index in [1.165, 1.54) is 5.56 Å². The molecular weight excluding hydrogens is 330 g/mol. The van der Waals surface area contributed by atoms with E-state index in [0.717, 1.165) is 18.5 Å². The predicted molar refractivity (Wildman–Crippen MR) is 94.9 cm³/mol. The number of amides is 1. The van der Waals surface area contributed by atoms with Crippen LogP contribution < -0.4 is 5.32 Å². The summed E-state index contributed by atoms with van der Waals surface area (Å²) in [4.78, 5) is 22.6. The average molecular weight is 349 g/mol. The Balaban J connectivity index is 1.41. The first-order chi connectivity index (χ1) is 12.8. The molecular formula is C19H19N5O2. The second-order valence-electron chi connectivity index (χ2n) is 6.38. The Labute approximate surface area is 151 Å². The molecule has 1 amide bonds. The number of carbonyl (C=O) groups is 1. The fourth-order valence-corrected chi connectivity index (χ4v) is 3.16. The number of nitrogens with one attached hydrogen (secondary N) is 1. The van der Waals surface area contributed by atoms with Gasteiger partial charge in [-0.05, 0) is 24.1 Å². The predicted octanol–water partition coefficient (Wildman–Crippen LogP) is 1.67. The Morgan fingerprint density at radius 2 is 2.08 bits per heavy atom. The molecule has 3 aromatic rings. The summed E-state index contributed by atoms with van der Waals surface area (Å²) in [7, 11) is 0. The van der Waals surface area contributed by atoms with Crippen molar-refractivity contribution in [1.82, 2.24) is 25.3 Å². The molecule has 1 atom stereocenters. The van der Waals surface area contributed by atoms with Crippen LogP contribution in [0.15, 0.2) is 59.4 Å². The van der Waals surface area contributed by atoms with Crippen LogP contribution in [0.3, 0.4) is 0 Å². The monoisotopic (exact) mass is 349 g/mol. The van der Waals surface area contributed by atoms with Gasteiger partial charge in [-0.3, -0.25) is 14.7 Å². The molecule has 3 heterocycles. The number of piperazine rings is 1. The molecule has 4 rings (SSSR count). The van der Waals surface area contributed by atoms with Crippen LogP contribution in [0.5, 0.6) is 0 Å². The van der Waals surface area contributed by atoms with E-state index in [2.05, 4.69) is 32.6 Å². The third-order valence-corrected chi connectivity index (χ3v) is 4.28. The number of benzene rings is 1. The first kappa shape index (κ1) is 16.4. The second kappa shape index (κ2) is 7.45. The molecule has 2 aromatic heterocycles. The Morgan fingerprint density at radius 3 is 2.88 bits per heavy atom. The van der Waals surface area contributed by atoms with Crippen molar-refractivity contribution in [3.8, 4) is 11.4 Å². The summed E-state index contributed by atoms with van der Waals surface area (Å²) in [5.41, 5.74) is 2.01. The lowest BCUT2D eigenvalue weighted by atomic mass is 10.0. The van der Waals surface area contributed by atoms with Gasteiger partial charge in [-0.1, -0.05) is 35.5 Å². The molecule has 7 heteroatoms. The molecule has 0 aliphatic carbocycles. The van der Waals surface area contributed by atoms with Crippen molar-refractivity contribution in [2.45, 2.75) is 19.0 Å². The van der Waals surface area contributed by atoms with Crippen LogP contribution >= 0.6 is 0 Å².